The van der Waals surface area contributed by atoms with Crippen molar-refractivity contribution in [3.8, 4) is 0 Å². The van der Waals surface area contributed by atoms with Crippen molar-refractivity contribution >= 4 is 17.5 Å². The molecule has 0 aliphatic heterocycles. The summed E-state index contributed by atoms with van der Waals surface area (Å²) in [5.41, 5.74) is 2.12. The van der Waals surface area contributed by atoms with Gasteiger partial charge in [0.2, 0.25) is 5.91 Å². The van der Waals surface area contributed by atoms with Crippen LogP contribution >= 0.6 is 0 Å². The van der Waals surface area contributed by atoms with Gasteiger partial charge in [0.1, 0.15) is 17.4 Å². The van der Waals surface area contributed by atoms with Crippen LogP contribution in [0.15, 0.2) is 95.6 Å². The molecule has 34 heavy (non-hydrogen) atoms. The van der Waals surface area contributed by atoms with Crippen molar-refractivity contribution in [3.05, 3.63) is 125 Å². The third-order valence-electron chi connectivity index (χ3n) is 5.20. The van der Waals surface area contributed by atoms with Crippen LogP contribution in [0, 0.1) is 11.6 Å². The lowest BCUT2D eigenvalue weighted by Gasteiger charge is -2.24. The van der Waals surface area contributed by atoms with E-state index in [1.165, 1.54) is 47.6 Å². The average Bonchev–Trinajstić information content (AvgIpc) is 3.36. The molecule has 0 radical (unpaired) electrons. The van der Waals surface area contributed by atoms with E-state index in [9.17, 15) is 18.4 Å². The lowest BCUT2D eigenvalue weighted by molar-refractivity contribution is -0.120. The summed E-state index contributed by atoms with van der Waals surface area (Å²) < 4.78 is 32.4. The smallest absolute Gasteiger partial charge is 0.258 e. The molecular formula is C27H22F2N2O3. The molecule has 0 unspecified atom stereocenters. The first-order valence-electron chi connectivity index (χ1n) is 10.7. The van der Waals surface area contributed by atoms with E-state index in [4.69, 9.17) is 4.42 Å². The lowest BCUT2D eigenvalue weighted by Crippen LogP contribution is -2.30. The predicted octanol–water partition coefficient (Wildman–Crippen LogP) is 5.26. The Balaban J connectivity index is 1.56. The number of anilines is 1. The number of furan rings is 1. The number of amides is 2. The van der Waals surface area contributed by atoms with Crippen molar-refractivity contribution in [2.45, 2.75) is 19.5 Å². The number of carbonyl (C=O) groups excluding carboxylic acids is 2. The van der Waals surface area contributed by atoms with Gasteiger partial charge in [-0.1, -0.05) is 30.3 Å². The molecule has 0 aliphatic rings. The Morgan fingerprint density at radius 3 is 2.35 bits per heavy atom. The van der Waals surface area contributed by atoms with Gasteiger partial charge in [-0.05, 0) is 65.7 Å². The van der Waals surface area contributed by atoms with Gasteiger partial charge in [0.15, 0.2) is 0 Å². The molecule has 0 atom stereocenters. The van der Waals surface area contributed by atoms with Crippen LogP contribution in [0.25, 0.3) is 0 Å². The van der Waals surface area contributed by atoms with E-state index in [1.54, 1.807) is 48.5 Å². The summed E-state index contributed by atoms with van der Waals surface area (Å²) in [6.45, 7) is 0.421. The van der Waals surface area contributed by atoms with E-state index in [0.29, 0.717) is 22.6 Å². The Bertz CT molecular complexity index is 1270. The Kier molecular flexibility index (Phi) is 7.13. The van der Waals surface area contributed by atoms with Gasteiger partial charge < -0.3 is 14.6 Å². The highest BCUT2D eigenvalue weighted by molar-refractivity contribution is 6.06. The zero-order chi connectivity index (χ0) is 23.9. The maximum Gasteiger partial charge on any atom is 0.258 e. The summed E-state index contributed by atoms with van der Waals surface area (Å²) in [5, 5.41) is 2.79. The summed E-state index contributed by atoms with van der Waals surface area (Å²) in [6, 6.07) is 21.8. The molecule has 0 saturated heterocycles. The zero-order valence-electron chi connectivity index (χ0n) is 18.2. The predicted molar refractivity (Wildman–Crippen MR) is 124 cm³/mol. The molecule has 172 valence electrons. The quantitative estimate of drug-likeness (QED) is 0.390. The number of carbonyl (C=O) groups is 2. The highest BCUT2D eigenvalue weighted by Crippen LogP contribution is 2.23. The van der Waals surface area contributed by atoms with Crippen LogP contribution in [0.1, 0.15) is 27.2 Å². The number of halogens is 2. The molecule has 0 bridgehead atoms. The summed E-state index contributed by atoms with van der Waals surface area (Å²) in [4.78, 5) is 27.2. The van der Waals surface area contributed by atoms with E-state index < -0.39 is 11.7 Å². The zero-order valence-corrected chi connectivity index (χ0v) is 18.2. The van der Waals surface area contributed by atoms with Gasteiger partial charge in [-0.15, -0.1) is 0 Å². The van der Waals surface area contributed by atoms with Crippen LogP contribution in [0.5, 0.6) is 0 Å². The minimum atomic E-state index is -0.519. The average molecular weight is 460 g/mol. The molecule has 2 amide bonds. The van der Waals surface area contributed by atoms with Crippen molar-refractivity contribution in [3.63, 3.8) is 0 Å². The maximum atomic E-state index is 13.8. The summed E-state index contributed by atoms with van der Waals surface area (Å²) in [7, 11) is 0. The fourth-order valence-electron chi connectivity index (χ4n) is 3.51. The van der Waals surface area contributed by atoms with Gasteiger partial charge in [0.05, 0.1) is 25.8 Å². The number of hydrogen-bond donors (Lipinski definition) is 1. The van der Waals surface area contributed by atoms with Crippen LogP contribution in [0.2, 0.25) is 0 Å². The molecule has 0 fully saturated rings. The fraction of sp³-hybridized carbons (Fsp3) is 0.111. The monoisotopic (exact) mass is 460 g/mol. The molecule has 1 aromatic heterocycles. The van der Waals surface area contributed by atoms with Gasteiger partial charge in [0, 0.05) is 11.3 Å². The van der Waals surface area contributed by atoms with Crippen LogP contribution in [-0.4, -0.2) is 11.8 Å². The fourth-order valence-corrected chi connectivity index (χ4v) is 3.51. The number of rotatable bonds is 8. The minimum absolute atomic E-state index is 0.104. The lowest BCUT2D eigenvalue weighted by atomic mass is 10.1. The number of nitrogens with one attached hydrogen (secondary N) is 1. The second-order valence-electron chi connectivity index (χ2n) is 7.73. The molecule has 0 spiro atoms. The summed E-state index contributed by atoms with van der Waals surface area (Å²) >= 11 is 0. The molecule has 7 heteroatoms. The Labute approximate surface area is 195 Å². The SMILES string of the molecule is O=C(Cc1cccc(N(Cc2ccc(F)cc2)C(=O)c2cccc(F)c2)c1)NCc1ccco1. The number of nitrogens with zero attached hydrogens (tertiary/aromatic N) is 1. The molecular weight excluding hydrogens is 438 g/mol. The van der Waals surface area contributed by atoms with Gasteiger partial charge in [-0.2, -0.15) is 0 Å². The molecule has 1 N–H and O–H groups in total. The number of hydrogen-bond acceptors (Lipinski definition) is 3. The molecule has 0 saturated carbocycles. The van der Waals surface area contributed by atoms with E-state index in [2.05, 4.69) is 5.32 Å². The molecule has 1 heterocycles. The van der Waals surface area contributed by atoms with Gasteiger partial charge in [0.25, 0.3) is 5.91 Å². The molecule has 5 nitrogen and oxygen atoms in total. The Morgan fingerprint density at radius 2 is 1.62 bits per heavy atom. The second-order valence-corrected chi connectivity index (χ2v) is 7.73. The number of benzene rings is 3. The largest absolute Gasteiger partial charge is 0.467 e. The third-order valence-corrected chi connectivity index (χ3v) is 5.20. The summed E-state index contributed by atoms with van der Waals surface area (Å²) in [6.07, 6.45) is 1.64. The first kappa shape index (κ1) is 22.9. The van der Waals surface area contributed by atoms with E-state index >= 15 is 0 Å². The normalized spacial score (nSPS) is 10.6. The molecule has 0 aliphatic carbocycles. The topological polar surface area (TPSA) is 62.6 Å². The molecule has 4 aromatic rings. The molecule has 4 rings (SSSR count). The summed E-state index contributed by atoms with van der Waals surface area (Å²) in [5.74, 6) is -0.865. The van der Waals surface area contributed by atoms with Crippen LogP contribution in [0.4, 0.5) is 14.5 Å². The Hall–Kier alpha value is -4.26. The first-order valence-corrected chi connectivity index (χ1v) is 10.7. The highest BCUT2D eigenvalue weighted by atomic mass is 19.1. The first-order chi connectivity index (χ1) is 16.5. The van der Waals surface area contributed by atoms with Crippen molar-refractivity contribution < 1.29 is 22.8 Å². The van der Waals surface area contributed by atoms with E-state index in [0.717, 1.165) is 0 Å². The van der Waals surface area contributed by atoms with Gasteiger partial charge in [-0.3, -0.25) is 9.59 Å². The van der Waals surface area contributed by atoms with Crippen molar-refractivity contribution in [1.29, 1.82) is 0 Å². The van der Waals surface area contributed by atoms with Gasteiger partial charge in [-0.25, -0.2) is 8.78 Å². The Morgan fingerprint density at radius 1 is 0.824 bits per heavy atom. The minimum Gasteiger partial charge on any atom is -0.467 e. The van der Waals surface area contributed by atoms with E-state index in [1.807, 2.05) is 0 Å². The van der Waals surface area contributed by atoms with Crippen molar-refractivity contribution in [2.75, 3.05) is 4.90 Å². The van der Waals surface area contributed by atoms with Gasteiger partial charge >= 0.3 is 0 Å². The maximum absolute atomic E-state index is 13.8. The highest BCUT2D eigenvalue weighted by Gasteiger charge is 2.19. The van der Waals surface area contributed by atoms with Crippen LogP contribution in [-0.2, 0) is 24.3 Å². The van der Waals surface area contributed by atoms with Crippen LogP contribution < -0.4 is 10.2 Å². The van der Waals surface area contributed by atoms with Crippen molar-refractivity contribution in [2.24, 2.45) is 0 Å². The molecule has 3 aromatic carbocycles. The van der Waals surface area contributed by atoms with Crippen molar-refractivity contribution in [1.82, 2.24) is 5.32 Å². The third kappa shape index (κ3) is 5.95. The standard InChI is InChI=1S/C27H22F2N2O3/c28-22-11-9-19(10-12-22)18-31(27(33)21-5-2-6-23(29)16-21)24-7-1-4-20(14-24)15-26(32)30-17-25-8-3-13-34-25/h1-14,16H,15,17-18H2,(H,30,32). The van der Waals surface area contributed by atoms with Crippen LogP contribution in [0.3, 0.4) is 0 Å². The van der Waals surface area contributed by atoms with E-state index in [-0.39, 0.29) is 36.8 Å². The second kappa shape index (κ2) is 10.6.